The summed E-state index contributed by atoms with van der Waals surface area (Å²) in [4.78, 5) is 0. The fourth-order valence-corrected chi connectivity index (χ4v) is 1.70. The van der Waals surface area contributed by atoms with Gasteiger partial charge in [0.1, 0.15) is 6.17 Å². The maximum absolute atomic E-state index is 13.2. The Morgan fingerprint density at radius 3 is 3.00 bits per heavy atom. The monoisotopic (exact) mass is 159 g/mol. The van der Waals surface area contributed by atoms with Gasteiger partial charge in [0, 0.05) is 12.5 Å². The van der Waals surface area contributed by atoms with E-state index >= 15 is 0 Å². The van der Waals surface area contributed by atoms with Gasteiger partial charge in [-0.1, -0.05) is 13.3 Å². The van der Waals surface area contributed by atoms with E-state index in [1.54, 1.807) is 0 Å². The average molecular weight is 159 g/mol. The van der Waals surface area contributed by atoms with Crippen LogP contribution in [0.2, 0.25) is 0 Å². The van der Waals surface area contributed by atoms with Crippen molar-refractivity contribution in [1.82, 2.24) is 5.32 Å². The van der Waals surface area contributed by atoms with E-state index in [-0.39, 0.29) is 0 Å². The van der Waals surface area contributed by atoms with E-state index in [0.717, 1.165) is 38.8 Å². The van der Waals surface area contributed by atoms with Crippen molar-refractivity contribution in [2.24, 2.45) is 5.92 Å². The van der Waals surface area contributed by atoms with E-state index in [1.165, 1.54) is 0 Å². The van der Waals surface area contributed by atoms with Crippen LogP contribution >= 0.6 is 0 Å². The summed E-state index contributed by atoms with van der Waals surface area (Å²) in [6.07, 6.45) is 3.38. The first-order chi connectivity index (χ1) is 5.34. The van der Waals surface area contributed by atoms with Gasteiger partial charge < -0.3 is 5.32 Å². The van der Waals surface area contributed by atoms with Gasteiger partial charge in [-0.3, -0.25) is 0 Å². The number of nitrogens with one attached hydrogen (secondary N) is 1. The summed E-state index contributed by atoms with van der Waals surface area (Å²) < 4.78 is 13.2. The summed E-state index contributed by atoms with van der Waals surface area (Å²) in [6.45, 7) is 4.01. The lowest BCUT2D eigenvalue weighted by molar-refractivity contribution is 0.180. The molecule has 0 radical (unpaired) electrons. The normalized spacial score (nSPS) is 28.4. The SMILES string of the molecule is CCCC(F)C1CCCNC1. The Kier molecular flexibility index (Phi) is 3.84. The lowest BCUT2D eigenvalue weighted by Crippen LogP contribution is -2.34. The summed E-state index contributed by atoms with van der Waals surface area (Å²) in [5.41, 5.74) is 0. The molecule has 1 saturated heterocycles. The molecule has 1 heterocycles. The topological polar surface area (TPSA) is 12.0 Å². The van der Waals surface area contributed by atoms with Gasteiger partial charge in [-0.2, -0.15) is 0 Å². The standard InChI is InChI=1S/C9H18FN/c1-2-4-9(10)8-5-3-6-11-7-8/h8-9,11H,2-7H2,1H3. The van der Waals surface area contributed by atoms with E-state index < -0.39 is 6.17 Å². The van der Waals surface area contributed by atoms with Crippen molar-refractivity contribution in [2.75, 3.05) is 13.1 Å². The molecule has 0 aromatic rings. The average Bonchev–Trinajstić information content (AvgIpc) is 2.07. The van der Waals surface area contributed by atoms with Gasteiger partial charge in [-0.15, -0.1) is 0 Å². The number of hydrogen-bond acceptors (Lipinski definition) is 1. The van der Waals surface area contributed by atoms with Gasteiger partial charge in [0.25, 0.3) is 0 Å². The highest BCUT2D eigenvalue weighted by molar-refractivity contribution is 4.75. The summed E-state index contributed by atoms with van der Waals surface area (Å²) in [6, 6.07) is 0. The van der Waals surface area contributed by atoms with E-state index in [0.29, 0.717) is 5.92 Å². The van der Waals surface area contributed by atoms with Crippen LogP contribution in [0.5, 0.6) is 0 Å². The van der Waals surface area contributed by atoms with Gasteiger partial charge >= 0.3 is 0 Å². The molecular formula is C9H18FN. The molecule has 0 aliphatic carbocycles. The van der Waals surface area contributed by atoms with Crippen LogP contribution in [0.25, 0.3) is 0 Å². The first-order valence-corrected chi connectivity index (χ1v) is 4.69. The number of halogens is 1. The molecule has 0 bridgehead atoms. The van der Waals surface area contributed by atoms with Crippen molar-refractivity contribution in [3.8, 4) is 0 Å². The molecule has 66 valence electrons. The van der Waals surface area contributed by atoms with Crippen molar-refractivity contribution >= 4 is 0 Å². The third kappa shape index (κ3) is 2.78. The minimum atomic E-state index is -0.562. The zero-order chi connectivity index (χ0) is 8.10. The van der Waals surface area contributed by atoms with Gasteiger partial charge in [0.15, 0.2) is 0 Å². The maximum Gasteiger partial charge on any atom is 0.104 e. The molecule has 0 spiro atoms. The second-order valence-electron chi connectivity index (χ2n) is 3.41. The van der Waals surface area contributed by atoms with Crippen LogP contribution in [0.1, 0.15) is 32.6 Å². The molecular weight excluding hydrogens is 141 g/mol. The molecule has 2 heteroatoms. The van der Waals surface area contributed by atoms with Crippen LogP contribution in [0.15, 0.2) is 0 Å². The van der Waals surface area contributed by atoms with Crippen LogP contribution in [-0.2, 0) is 0 Å². The van der Waals surface area contributed by atoms with Gasteiger partial charge in [0.05, 0.1) is 0 Å². The van der Waals surface area contributed by atoms with Crippen molar-refractivity contribution < 1.29 is 4.39 Å². The zero-order valence-electron chi connectivity index (χ0n) is 7.28. The van der Waals surface area contributed by atoms with Crippen molar-refractivity contribution in [3.63, 3.8) is 0 Å². The minimum absolute atomic E-state index is 0.295. The molecule has 0 saturated carbocycles. The largest absolute Gasteiger partial charge is 0.316 e. The summed E-state index contributed by atoms with van der Waals surface area (Å²) in [5, 5.41) is 3.23. The first kappa shape index (κ1) is 8.98. The number of alkyl halides is 1. The Morgan fingerprint density at radius 2 is 2.45 bits per heavy atom. The third-order valence-corrected chi connectivity index (χ3v) is 2.41. The van der Waals surface area contributed by atoms with Crippen molar-refractivity contribution in [2.45, 2.75) is 38.8 Å². The van der Waals surface area contributed by atoms with Crippen molar-refractivity contribution in [3.05, 3.63) is 0 Å². The van der Waals surface area contributed by atoms with Crippen LogP contribution in [0.4, 0.5) is 4.39 Å². The smallest absolute Gasteiger partial charge is 0.104 e. The second-order valence-corrected chi connectivity index (χ2v) is 3.41. The Morgan fingerprint density at radius 1 is 1.64 bits per heavy atom. The third-order valence-electron chi connectivity index (χ3n) is 2.41. The molecule has 2 unspecified atom stereocenters. The molecule has 1 aliphatic heterocycles. The van der Waals surface area contributed by atoms with Crippen LogP contribution < -0.4 is 5.32 Å². The molecule has 11 heavy (non-hydrogen) atoms. The van der Waals surface area contributed by atoms with E-state index in [9.17, 15) is 4.39 Å². The molecule has 0 aromatic carbocycles. The quantitative estimate of drug-likeness (QED) is 0.665. The molecule has 0 aromatic heterocycles. The highest BCUT2D eigenvalue weighted by Crippen LogP contribution is 2.20. The Bertz CT molecular complexity index is 99.7. The molecule has 1 nitrogen and oxygen atoms in total. The van der Waals surface area contributed by atoms with Crippen LogP contribution in [-0.4, -0.2) is 19.3 Å². The predicted octanol–water partition coefficient (Wildman–Crippen LogP) is 2.12. The Labute approximate surface area is 68.4 Å². The number of hydrogen-bond donors (Lipinski definition) is 1. The van der Waals surface area contributed by atoms with E-state index in [2.05, 4.69) is 5.32 Å². The molecule has 1 rings (SSSR count). The lowest BCUT2D eigenvalue weighted by atomic mass is 9.92. The Balaban J connectivity index is 2.21. The molecule has 0 amide bonds. The summed E-state index contributed by atoms with van der Waals surface area (Å²) in [5.74, 6) is 0.295. The highest BCUT2D eigenvalue weighted by atomic mass is 19.1. The predicted molar refractivity (Wildman–Crippen MR) is 45.4 cm³/mol. The minimum Gasteiger partial charge on any atom is -0.316 e. The second kappa shape index (κ2) is 4.70. The first-order valence-electron chi connectivity index (χ1n) is 4.69. The molecule has 1 N–H and O–H groups in total. The zero-order valence-corrected chi connectivity index (χ0v) is 7.28. The fourth-order valence-electron chi connectivity index (χ4n) is 1.70. The van der Waals surface area contributed by atoms with E-state index in [4.69, 9.17) is 0 Å². The summed E-state index contributed by atoms with van der Waals surface area (Å²) >= 11 is 0. The van der Waals surface area contributed by atoms with Gasteiger partial charge in [0.2, 0.25) is 0 Å². The maximum atomic E-state index is 13.2. The van der Waals surface area contributed by atoms with Gasteiger partial charge in [-0.05, 0) is 25.8 Å². The van der Waals surface area contributed by atoms with Crippen LogP contribution in [0.3, 0.4) is 0 Å². The lowest BCUT2D eigenvalue weighted by Gasteiger charge is -2.25. The Hall–Kier alpha value is -0.110. The molecule has 2 atom stereocenters. The highest BCUT2D eigenvalue weighted by Gasteiger charge is 2.21. The van der Waals surface area contributed by atoms with Gasteiger partial charge in [-0.25, -0.2) is 4.39 Å². The van der Waals surface area contributed by atoms with Crippen LogP contribution in [0, 0.1) is 5.92 Å². The molecule has 1 fully saturated rings. The van der Waals surface area contributed by atoms with E-state index in [1.807, 2.05) is 6.92 Å². The fraction of sp³-hybridized carbons (Fsp3) is 1.00. The van der Waals surface area contributed by atoms with Crippen molar-refractivity contribution in [1.29, 1.82) is 0 Å². The summed E-state index contributed by atoms with van der Waals surface area (Å²) in [7, 11) is 0. The number of rotatable bonds is 3. The number of piperidine rings is 1. The molecule has 1 aliphatic rings.